The normalized spacial score (nSPS) is 29.8. The smallest absolute Gasteiger partial charge is 0.0465 e. The van der Waals surface area contributed by atoms with Crippen LogP contribution in [-0.2, 0) is 4.74 Å². The maximum absolute atomic E-state index is 5.25. The number of hydrogen-bond donors (Lipinski definition) is 1. The molecule has 2 atom stereocenters. The van der Waals surface area contributed by atoms with Crippen molar-refractivity contribution in [2.45, 2.75) is 51.0 Å². The van der Waals surface area contributed by atoms with Gasteiger partial charge in [0.1, 0.15) is 0 Å². The number of ether oxygens (including phenoxy) is 1. The largest absolute Gasteiger partial charge is 0.385 e. The fourth-order valence-corrected chi connectivity index (χ4v) is 3.13. The quantitative estimate of drug-likeness (QED) is 0.754. The standard InChI is InChI=1S/C13H25NO/c1-15-10-8-12(11-5-4-6-11)13-7-2-3-9-14-13/h11-14H,2-10H2,1H3. The van der Waals surface area contributed by atoms with Gasteiger partial charge < -0.3 is 10.1 Å². The monoisotopic (exact) mass is 211 g/mol. The van der Waals surface area contributed by atoms with Crippen molar-refractivity contribution in [3.8, 4) is 0 Å². The molecule has 0 aromatic heterocycles. The second kappa shape index (κ2) is 5.86. The molecule has 0 amide bonds. The van der Waals surface area contributed by atoms with Crippen molar-refractivity contribution in [1.29, 1.82) is 0 Å². The average Bonchev–Trinajstić information content (AvgIpc) is 2.22. The van der Waals surface area contributed by atoms with E-state index in [9.17, 15) is 0 Å². The van der Waals surface area contributed by atoms with Gasteiger partial charge in [-0.25, -0.2) is 0 Å². The zero-order valence-corrected chi connectivity index (χ0v) is 10.0. The summed E-state index contributed by atoms with van der Waals surface area (Å²) >= 11 is 0. The Morgan fingerprint density at radius 3 is 2.60 bits per heavy atom. The van der Waals surface area contributed by atoms with E-state index in [0.29, 0.717) is 0 Å². The summed E-state index contributed by atoms with van der Waals surface area (Å²) in [6.45, 7) is 2.18. The summed E-state index contributed by atoms with van der Waals surface area (Å²) in [5, 5.41) is 3.72. The third kappa shape index (κ3) is 2.94. The molecule has 1 saturated carbocycles. The van der Waals surface area contributed by atoms with Crippen LogP contribution in [0.25, 0.3) is 0 Å². The zero-order valence-electron chi connectivity index (χ0n) is 10.0. The van der Waals surface area contributed by atoms with E-state index in [2.05, 4.69) is 5.32 Å². The lowest BCUT2D eigenvalue weighted by molar-refractivity contribution is 0.0965. The maximum atomic E-state index is 5.25. The van der Waals surface area contributed by atoms with Crippen molar-refractivity contribution < 1.29 is 4.74 Å². The molecule has 1 aliphatic carbocycles. The molecule has 1 aliphatic heterocycles. The lowest BCUT2D eigenvalue weighted by atomic mass is 9.70. The SMILES string of the molecule is COCCC(C1CCC1)C1CCCCN1. The van der Waals surface area contributed by atoms with Crippen LogP contribution in [0.15, 0.2) is 0 Å². The van der Waals surface area contributed by atoms with Gasteiger partial charge in [0.25, 0.3) is 0 Å². The number of nitrogens with one attached hydrogen (secondary N) is 1. The highest BCUT2D eigenvalue weighted by molar-refractivity contribution is 4.87. The highest BCUT2D eigenvalue weighted by atomic mass is 16.5. The molecular formula is C13H25NO. The van der Waals surface area contributed by atoms with Gasteiger partial charge >= 0.3 is 0 Å². The molecule has 0 radical (unpaired) electrons. The van der Waals surface area contributed by atoms with Gasteiger partial charge in [0, 0.05) is 19.8 Å². The minimum Gasteiger partial charge on any atom is -0.385 e. The van der Waals surface area contributed by atoms with Crippen LogP contribution < -0.4 is 5.32 Å². The second-order valence-electron chi connectivity index (χ2n) is 5.19. The molecule has 15 heavy (non-hydrogen) atoms. The molecule has 0 bridgehead atoms. The predicted octanol–water partition coefficient (Wildman–Crippen LogP) is 2.58. The fraction of sp³-hybridized carbons (Fsp3) is 1.00. The molecule has 1 heterocycles. The lowest BCUT2D eigenvalue weighted by Crippen LogP contribution is -2.44. The summed E-state index contributed by atoms with van der Waals surface area (Å²) in [7, 11) is 1.83. The Morgan fingerprint density at radius 1 is 1.20 bits per heavy atom. The van der Waals surface area contributed by atoms with Gasteiger partial charge in [-0.05, 0) is 37.6 Å². The summed E-state index contributed by atoms with van der Waals surface area (Å²) in [6.07, 6.45) is 9.84. The summed E-state index contributed by atoms with van der Waals surface area (Å²) in [5.41, 5.74) is 0. The molecule has 0 spiro atoms. The van der Waals surface area contributed by atoms with Gasteiger partial charge in [0.05, 0.1) is 0 Å². The van der Waals surface area contributed by atoms with E-state index in [1.54, 1.807) is 0 Å². The molecule has 2 heteroatoms. The Hall–Kier alpha value is -0.0800. The number of methoxy groups -OCH3 is 1. The van der Waals surface area contributed by atoms with Crippen molar-refractivity contribution in [2.75, 3.05) is 20.3 Å². The predicted molar refractivity (Wildman–Crippen MR) is 63.0 cm³/mol. The molecular weight excluding hydrogens is 186 g/mol. The van der Waals surface area contributed by atoms with Crippen LogP contribution in [0.3, 0.4) is 0 Å². The van der Waals surface area contributed by atoms with Crippen LogP contribution in [0.5, 0.6) is 0 Å². The molecule has 2 rings (SSSR count). The summed E-state index contributed by atoms with van der Waals surface area (Å²) in [5.74, 6) is 1.88. The van der Waals surface area contributed by atoms with Crippen molar-refractivity contribution in [3.63, 3.8) is 0 Å². The third-order valence-electron chi connectivity index (χ3n) is 4.28. The highest BCUT2D eigenvalue weighted by Gasteiger charge is 2.33. The first-order chi connectivity index (χ1) is 7.42. The van der Waals surface area contributed by atoms with Crippen molar-refractivity contribution >= 4 is 0 Å². The number of rotatable bonds is 5. The van der Waals surface area contributed by atoms with E-state index in [0.717, 1.165) is 24.5 Å². The van der Waals surface area contributed by atoms with E-state index in [-0.39, 0.29) is 0 Å². The Balaban J connectivity index is 1.84. The Labute approximate surface area is 93.8 Å². The van der Waals surface area contributed by atoms with Crippen LogP contribution in [0, 0.1) is 11.8 Å². The molecule has 0 aromatic carbocycles. The molecule has 2 unspecified atom stereocenters. The van der Waals surface area contributed by atoms with Gasteiger partial charge in [-0.1, -0.05) is 25.7 Å². The van der Waals surface area contributed by atoms with Crippen molar-refractivity contribution in [3.05, 3.63) is 0 Å². The Bertz CT molecular complexity index is 173. The first kappa shape index (κ1) is 11.4. The number of piperidine rings is 1. The topological polar surface area (TPSA) is 21.3 Å². The molecule has 88 valence electrons. The lowest BCUT2D eigenvalue weighted by Gasteiger charge is -2.40. The minimum absolute atomic E-state index is 0.791. The molecule has 1 N–H and O–H groups in total. The first-order valence-corrected chi connectivity index (χ1v) is 6.64. The van der Waals surface area contributed by atoms with E-state index >= 15 is 0 Å². The molecule has 2 fully saturated rings. The van der Waals surface area contributed by atoms with Crippen LogP contribution in [0.4, 0.5) is 0 Å². The third-order valence-corrected chi connectivity index (χ3v) is 4.28. The van der Waals surface area contributed by atoms with Gasteiger partial charge in [-0.2, -0.15) is 0 Å². The summed E-state index contributed by atoms with van der Waals surface area (Å²) in [6, 6.07) is 0.791. The fourth-order valence-electron chi connectivity index (χ4n) is 3.13. The second-order valence-corrected chi connectivity index (χ2v) is 5.19. The summed E-state index contributed by atoms with van der Waals surface area (Å²) < 4.78 is 5.25. The van der Waals surface area contributed by atoms with E-state index in [1.165, 1.54) is 51.5 Å². The van der Waals surface area contributed by atoms with E-state index in [4.69, 9.17) is 4.74 Å². The first-order valence-electron chi connectivity index (χ1n) is 6.64. The molecule has 2 nitrogen and oxygen atoms in total. The minimum atomic E-state index is 0.791. The van der Waals surface area contributed by atoms with Crippen LogP contribution in [0.1, 0.15) is 44.9 Å². The van der Waals surface area contributed by atoms with Crippen molar-refractivity contribution in [2.24, 2.45) is 11.8 Å². The van der Waals surface area contributed by atoms with Gasteiger partial charge in [-0.3, -0.25) is 0 Å². The Morgan fingerprint density at radius 2 is 2.07 bits per heavy atom. The molecule has 1 saturated heterocycles. The highest BCUT2D eigenvalue weighted by Crippen LogP contribution is 2.38. The van der Waals surface area contributed by atoms with Crippen LogP contribution >= 0.6 is 0 Å². The van der Waals surface area contributed by atoms with Gasteiger partial charge in [0.15, 0.2) is 0 Å². The van der Waals surface area contributed by atoms with Gasteiger partial charge in [-0.15, -0.1) is 0 Å². The number of hydrogen-bond acceptors (Lipinski definition) is 2. The van der Waals surface area contributed by atoms with Crippen LogP contribution in [0.2, 0.25) is 0 Å². The van der Waals surface area contributed by atoms with E-state index < -0.39 is 0 Å². The van der Waals surface area contributed by atoms with E-state index in [1.807, 2.05) is 7.11 Å². The summed E-state index contributed by atoms with van der Waals surface area (Å²) in [4.78, 5) is 0. The molecule has 0 aromatic rings. The molecule has 2 aliphatic rings. The maximum Gasteiger partial charge on any atom is 0.0465 e. The zero-order chi connectivity index (χ0) is 10.5. The van der Waals surface area contributed by atoms with Crippen LogP contribution in [-0.4, -0.2) is 26.3 Å². The van der Waals surface area contributed by atoms with Gasteiger partial charge in [0.2, 0.25) is 0 Å². The average molecular weight is 211 g/mol. The Kier molecular flexibility index (Phi) is 4.45. The van der Waals surface area contributed by atoms with Crippen molar-refractivity contribution in [1.82, 2.24) is 5.32 Å².